The summed E-state index contributed by atoms with van der Waals surface area (Å²) in [5, 5.41) is 9.35. The third kappa shape index (κ3) is 2.74. The van der Waals surface area contributed by atoms with Crippen LogP contribution >= 0.6 is 11.3 Å². The molecule has 1 atom stereocenters. The summed E-state index contributed by atoms with van der Waals surface area (Å²) < 4.78 is 41.6. The topological polar surface area (TPSA) is 46.8 Å². The van der Waals surface area contributed by atoms with E-state index >= 15 is 0 Å². The lowest BCUT2D eigenvalue weighted by atomic mass is 10.1. The van der Waals surface area contributed by atoms with Crippen LogP contribution in [-0.4, -0.2) is 26.3 Å². The minimum absolute atomic E-state index is 0.0357. The van der Waals surface area contributed by atoms with E-state index in [9.17, 15) is 13.2 Å². The van der Waals surface area contributed by atoms with Crippen molar-refractivity contribution < 1.29 is 13.2 Å². The molecule has 0 aliphatic carbocycles. The molecule has 1 aromatic carbocycles. The van der Waals surface area contributed by atoms with E-state index in [0.717, 1.165) is 41.6 Å². The maximum atomic E-state index is 12.9. The molecular weight excluding hydrogens is 363 g/mol. The van der Waals surface area contributed by atoms with Gasteiger partial charge >= 0.3 is 6.18 Å². The fraction of sp³-hybridized carbons (Fsp3) is 0.471. The van der Waals surface area contributed by atoms with Crippen LogP contribution in [0.1, 0.15) is 49.9 Å². The van der Waals surface area contributed by atoms with E-state index in [0.29, 0.717) is 16.6 Å². The van der Waals surface area contributed by atoms with E-state index in [1.807, 2.05) is 6.92 Å². The Morgan fingerprint density at radius 1 is 1.19 bits per heavy atom. The highest BCUT2D eigenvalue weighted by atomic mass is 32.1. The van der Waals surface area contributed by atoms with Crippen LogP contribution in [0.25, 0.3) is 10.2 Å². The molecule has 0 fully saturated rings. The van der Waals surface area contributed by atoms with Crippen molar-refractivity contribution in [3.8, 4) is 0 Å². The molecule has 1 unspecified atom stereocenters. The predicted octanol–water partition coefficient (Wildman–Crippen LogP) is 4.61. The first-order chi connectivity index (χ1) is 12.3. The number of aromatic nitrogens is 4. The van der Waals surface area contributed by atoms with E-state index in [-0.39, 0.29) is 6.04 Å². The lowest BCUT2D eigenvalue weighted by molar-refractivity contribution is -0.137. The minimum atomic E-state index is -4.36. The Hall–Kier alpha value is -2.16. The Balaban J connectivity index is 1.69. The molecule has 0 radical (unpaired) electrons. The normalized spacial score (nSPS) is 18.0. The van der Waals surface area contributed by atoms with Gasteiger partial charge < -0.3 is 9.47 Å². The molecule has 1 aliphatic rings. The molecule has 3 heterocycles. The summed E-state index contributed by atoms with van der Waals surface area (Å²) in [6.07, 6.45) is -4.36. The van der Waals surface area contributed by atoms with Crippen LogP contribution in [0.4, 0.5) is 18.3 Å². The number of alkyl halides is 3. The van der Waals surface area contributed by atoms with Gasteiger partial charge in [-0.25, -0.2) is 4.98 Å². The summed E-state index contributed by atoms with van der Waals surface area (Å²) >= 11 is 1.40. The molecule has 0 bridgehead atoms. The molecule has 0 saturated carbocycles. The molecule has 5 nitrogen and oxygen atoms in total. The fourth-order valence-electron chi connectivity index (χ4n) is 3.31. The molecule has 26 heavy (non-hydrogen) atoms. The smallest absolute Gasteiger partial charge is 0.336 e. The lowest BCUT2D eigenvalue weighted by Crippen LogP contribution is -2.37. The van der Waals surface area contributed by atoms with Crippen molar-refractivity contribution in [1.29, 1.82) is 0 Å². The van der Waals surface area contributed by atoms with Crippen molar-refractivity contribution in [2.24, 2.45) is 0 Å². The molecule has 0 spiro atoms. The molecular formula is C17H18F3N5S. The van der Waals surface area contributed by atoms with Crippen molar-refractivity contribution in [1.82, 2.24) is 19.7 Å². The highest BCUT2D eigenvalue weighted by Crippen LogP contribution is 2.38. The second-order valence-corrected chi connectivity index (χ2v) is 7.78. The van der Waals surface area contributed by atoms with Gasteiger partial charge in [-0.05, 0) is 25.1 Å². The number of halogens is 3. The fourth-order valence-corrected chi connectivity index (χ4v) is 4.36. The molecule has 1 aliphatic heterocycles. The van der Waals surface area contributed by atoms with Crippen LogP contribution in [-0.2, 0) is 12.7 Å². The standard InChI is InChI=1S/C17H18F3N5S/c1-9(2)14-22-23-15-10(3)24(6-7-25(14)15)16-21-12-8-11(17(18,19)20)4-5-13(12)26-16/h4-5,8-10H,6-7H2,1-3H3. The van der Waals surface area contributed by atoms with Gasteiger partial charge in [-0.1, -0.05) is 25.2 Å². The zero-order chi connectivity index (χ0) is 18.6. The highest BCUT2D eigenvalue weighted by molar-refractivity contribution is 7.22. The zero-order valence-electron chi connectivity index (χ0n) is 14.6. The Labute approximate surface area is 152 Å². The molecule has 2 aromatic heterocycles. The second kappa shape index (κ2) is 5.94. The van der Waals surface area contributed by atoms with E-state index in [4.69, 9.17) is 0 Å². The van der Waals surface area contributed by atoms with Gasteiger partial charge in [0, 0.05) is 19.0 Å². The first kappa shape index (κ1) is 17.3. The van der Waals surface area contributed by atoms with Gasteiger partial charge in [0.2, 0.25) is 0 Å². The minimum Gasteiger partial charge on any atom is -0.336 e. The number of benzene rings is 1. The number of fused-ring (bicyclic) bond motifs is 2. The summed E-state index contributed by atoms with van der Waals surface area (Å²) in [4.78, 5) is 6.55. The Morgan fingerprint density at radius 3 is 2.65 bits per heavy atom. The Kier molecular flexibility index (Phi) is 3.94. The van der Waals surface area contributed by atoms with Crippen LogP contribution in [0.3, 0.4) is 0 Å². The quantitative estimate of drug-likeness (QED) is 0.650. The number of thiazole rings is 1. The Morgan fingerprint density at radius 2 is 1.96 bits per heavy atom. The molecule has 4 rings (SSSR count). The van der Waals surface area contributed by atoms with Crippen molar-refractivity contribution >= 4 is 26.7 Å². The van der Waals surface area contributed by atoms with Crippen molar-refractivity contribution in [3.05, 3.63) is 35.4 Å². The van der Waals surface area contributed by atoms with Gasteiger partial charge in [0.05, 0.1) is 21.8 Å². The number of rotatable bonds is 2. The third-order valence-corrected chi connectivity index (χ3v) is 5.75. The van der Waals surface area contributed by atoms with Gasteiger partial charge in [0.25, 0.3) is 0 Å². The molecule has 0 saturated heterocycles. The maximum absolute atomic E-state index is 12.9. The monoisotopic (exact) mass is 381 g/mol. The van der Waals surface area contributed by atoms with Crippen molar-refractivity contribution in [3.63, 3.8) is 0 Å². The molecule has 9 heteroatoms. The summed E-state index contributed by atoms with van der Waals surface area (Å²) in [7, 11) is 0. The van der Waals surface area contributed by atoms with E-state index < -0.39 is 11.7 Å². The van der Waals surface area contributed by atoms with Gasteiger partial charge in [-0.2, -0.15) is 13.2 Å². The average molecular weight is 381 g/mol. The average Bonchev–Trinajstić information content (AvgIpc) is 3.17. The van der Waals surface area contributed by atoms with E-state index in [1.54, 1.807) is 0 Å². The summed E-state index contributed by atoms with van der Waals surface area (Å²) in [6, 6.07) is 3.68. The zero-order valence-corrected chi connectivity index (χ0v) is 15.4. The van der Waals surface area contributed by atoms with Crippen LogP contribution < -0.4 is 4.90 Å². The van der Waals surface area contributed by atoms with Crippen molar-refractivity contribution in [2.45, 2.75) is 45.5 Å². The number of nitrogens with zero attached hydrogens (tertiary/aromatic N) is 5. The Bertz CT molecular complexity index is 959. The summed E-state index contributed by atoms with van der Waals surface area (Å²) in [5.74, 6) is 2.12. The lowest BCUT2D eigenvalue weighted by Gasteiger charge is -2.33. The SMILES string of the molecule is CC(C)c1nnc2n1CCN(c1nc3cc(C(F)(F)F)ccc3s1)C2C. The van der Waals surface area contributed by atoms with E-state index in [1.165, 1.54) is 17.4 Å². The first-order valence-corrected chi connectivity index (χ1v) is 9.25. The van der Waals surface area contributed by atoms with Crippen LogP contribution in [0, 0.1) is 0 Å². The first-order valence-electron chi connectivity index (χ1n) is 8.43. The van der Waals surface area contributed by atoms with Crippen molar-refractivity contribution in [2.75, 3.05) is 11.4 Å². The number of hydrogen-bond acceptors (Lipinski definition) is 5. The maximum Gasteiger partial charge on any atom is 0.416 e. The van der Waals surface area contributed by atoms with Gasteiger partial charge in [-0.15, -0.1) is 10.2 Å². The molecule has 0 amide bonds. The second-order valence-electron chi connectivity index (χ2n) is 6.77. The summed E-state index contributed by atoms with van der Waals surface area (Å²) in [5.41, 5.74) is -0.295. The van der Waals surface area contributed by atoms with Gasteiger partial charge in [-0.3, -0.25) is 0 Å². The molecule has 0 N–H and O–H groups in total. The third-order valence-electron chi connectivity index (χ3n) is 4.68. The van der Waals surface area contributed by atoms with Crippen LogP contribution in [0.5, 0.6) is 0 Å². The van der Waals surface area contributed by atoms with Gasteiger partial charge in [0.1, 0.15) is 5.82 Å². The predicted molar refractivity (Wildman–Crippen MR) is 94.5 cm³/mol. The largest absolute Gasteiger partial charge is 0.416 e. The molecule has 138 valence electrons. The number of anilines is 1. The van der Waals surface area contributed by atoms with E-state index in [2.05, 4.69) is 38.5 Å². The molecule has 3 aromatic rings. The summed E-state index contributed by atoms with van der Waals surface area (Å²) in [6.45, 7) is 7.65. The van der Waals surface area contributed by atoms with Crippen LogP contribution in [0.15, 0.2) is 18.2 Å². The van der Waals surface area contributed by atoms with Crippen LogP contribution in [0.2, 0.25) is 0 Å². The van der Waals surface area contributed by atoms with Gasteiger partial charge in [0.15, 0.2) is 11.0 Å². The number of hydrogen-bond donors (Lipinski definition) is 0. The highest BCUT2D eigenvalue weighted by Gasteiger charge is 2.32.